The molecule has 1 atom stereocenters. The minimum absolute atomic E-state index is 0.386. The first kappa shape index (κ1) is 9.62. The third kappa shape index (κ3) is 2.79. The summed E-state index contributed by atoms with van der Waals surface area (Å²) >= 11 is 0. The molecule has 1 fully saturated rings. The molecule has 0 aromatic carbocycles. The lowest BCUT2D eigenvalue weighted by molar-refractivity contribution is 0.0252. The molecule has 1 N–H and O–H groups in total. The van der Waals surface area contributed by atoms with Gasteiger partial charge in [-0.05, 0) is 37.1 Å². The van der Waals surface area contributed by atoms with Gasteiger partial charge in [-0.2, -0.15) is 0 Å². The fraction of sp³-hybridized carbons (Fsp3) is 0.545. The van der Waals surface area contributed by atoms with E-state index in [1.54, 1.807) is 12.4 Å². The van der Waals surface area contributed by atoms with E-state index in [9.17, 15) is 0 Å². The SMILES string of the molecule is c1cc(CO[C@@H]2CCCNC2)ccn1. The molecule has 1 aliphatic rings. The van der Waals surface area contributed by atoms with Gasteiger partial charge in [-0.25, -0.2) is 0 Å². The molecule has 76 valence electrons. The molecule has 2 rings (SSSR count). The highest BCUT2D eigenvalue weighted by molar-refractivity contribution is 5.07. The monoisotopic (exact) mass is 192 g/mol. The largest absolute Gasteiger partial charge is 0.372 e. The van der Waals surface area contributed by atoms with Crippen LogP contribution in [0, 0.1) is 0 Å². The number of hydrogen-bond acceptors (Lipinski definition) is 3. The summed E-state index contributed by atoms with van der Waals surface area (Å²) < 4.78 is 5.78. The highest BCUT2D eigenvalue weighted by Crippen LogP contribution is 2.09. The van der Waals surface area contributed by atoms with Gasteiger partial charge in [-0.3, -0.25) is 4.98 Å². The molecule has 1 saturated heterocycles. The molecule has 3 nitrogen and oxygen atoms in total. The maximum Gasteiger partial charge on any atom is 0.0722 e. The molecule has 0 radical (unpaired) electrons. The lowest BCUT2D eigenvalue weighted by Crippen LogP contribution is -2.35. The summed E-state index contributed by atoms with van der Waals surface area (Å²) in [5, 5.41) is 3.33. The molecule has 1 aromatic heterocycles. The molecule has 0 spiro atoms. The van der Waals surface area contributed by atoms with Gasteiger partial charge >= 0.3 is 0 Å². The van der Waals surface area contributed by atoms with E-state index >= 15 is 0 Å². The maximum atomic E-state index is 5.78. The number of pyridine rings is 1. The second-order valence-electron chi connectivity index (χ2n) is 3.63. The number of nitrogens with one attached hydrogen (secondary N) is 1. The molecule has 0 amide bonds. The Bertz CT molecular complexity index is 257. The van der Waals surface area contributed by atoms with Crippen molar-refractivity contribution >= 4 is 0 Å². The average molecular weight is 192 g/mol. The lowest BCUT2D eigenvalue weighted by atomic mass is 10.1. The van der Waals surface area contributed by atoms with Gasteiger partial charge in [0, 0.05) is 18.9 Å². The van der Waals surface area contributed by atoms with E-state index in [2.05, 4.69) is 10.3 Å². The van der Waals surface area contributed by atoms with Gasteiger partial charge in [0.15, 0.2) is 0 Å². The van der Waals surface area contributed by atoms with Crippen molar-refractivity contribution in [3.8, 4) is 0 Å². The Morgan fingerprint density at radius 3 is 3.00 bits per heavy atom. The van der Waals surface area contributed by atoms with Gasteiger partial charge in [0.1, 0.15) is 0 Å². The Hall–Kier alpha value is -0.930. The van der Waals surface area contributed by atoms with Crippen LogP contribution in [-0.2, 0) is 11.3 Å². The third-order valence-corrected chi connectivity index (χ3v) is 2.49. The molecule has 3 heteroatoms. The van der Waals surface area contributed by atoms with E-state index in [0.717, 1.165) is 13.1 Å². The van der Waals surface area contributed by atoms with Crippen molar-refractivity contribution in [1.82, 2.24) is 10.3 Å². The van der Waals surface area contributed by atoms with Crippen molar-refractivity contribution in [1.29, 1.82) is 0 Å². The number of piperidine rings is 1. The lowest BCUT2D eigenvalue weighted by Gasteiger charge is -2.22. The van der Waals surface area contributed by atoms with Crippen LogP contribution in [0.25, 0.3) is 0 Å². The fourth-order valence-corrected chi connectivity index (χ4v) is 1.66. The summed E-state index contributed by atoms with van der Waals surface area (Å²) in [7, 11) is 0. The van der Waals surface area contributed by atoms with E-state index in [0.29, 0.717) is 12.7 Å². The zero-order valence-electron chi connectivity index (χ0n) is 8.28. The van der Waals surface area contributed by atoms with Crippen LogP contribution in [0.4, 0.5) is 0 Å². The van der Waals surface area contributed by atoms with Crippen molar-refractivity contribution < 1.29 is 4.74 Å². The normalized spacial score (nSPS) is 22.1. The molecule has 0 unspecified atom stereocenters. The second-order valence-corrected chi connectivity index (χ2v) is 3.63. The van der Waals surface area contributed by atoms with Crippen molar-refractivity contribution in [3.05, 3.63) is 30.1 Å². The van der Waals surface area contributed by atoms with Crippen LogP contribution < -0.4 is 5.32 Å². The van der Waals surface area contributed by atoms with Crippen LogP contribution in [0.5, 0.6) is 0 Å². The predicted molar refractivity (Wildman–Crippen MR) is 54.9 cm³/mol. The minimum Gasteiger partial charge on any atom is -0.372 e. The summed E-state index contributed by atoms with van der Waals surface area (Å²) in [5.74, 6) is 0. The molecular formula is C11H16N2O. The summed E-state index contributed by atoms with van der Waals surface area (Å²) in [5.41, 5.74) is 1.20. The van der Waals surface area contributed by atoms with Crippen molar-refractivity contribution in [2.24, 2.45) is 0 Å². The van der Waals surface area contributed by atoms with E-state index in [4.69, 9.17) is 4.74 Å². The van der Waals surface area contributed by atoms with Gasteiger partial charge in [0.2, 0.25) is 0 Å². The first-order valence-electron chi connectivity index (χ1n) is 5.16. The smallest absolute Gasteiger partial charge is 0.0722 e. The summed E-state index contributed by atoms with van der Waals surface area (Å²) in [6.07, 6.45) is 6.39. The van der Waals surface area contributed by atoms with Gasteiger partial charge in [-0.15, -0.1) is 0 Å². The second kappa shape index (κ2) is 5.08. The van der Waals surface area contributed by atoms with Gasteiger partial charge in [-0.1, -0.05) is 0 Å². The third-order valence-electron chi connectivity index (χ3n) is 2.49. The van der Waals surface area contributed by atoms with Crippen LogP contribution in [0.3, 0.4) is 0 Å². The Labute approximate surface area is 84.5 Å². The van der Waals surface area contributed by atoms with Crippen LogP contribution >= 0.6 is 0 Å². The molecular weight excluding hydrogens is 176 g/mol. The van der Waals surface area contributed by atoms with Crippen LogP contribution in [0.1, 0.15) is 18.4 Å². The maximum absolute atomic E-state index is 5.78. The highest BCUT2D eigenvalue weighted by atomic mass is 16.5. The van der Waals surface area contributed by atoms with Crippen LogP contribution in [0.2, 0.25) is 0 Å². The predicted octanol–water partition coefficient (Wildman–Crippen LogP) is 1.35. The number of nitrogens with zero attached hydrogens (tertiary/aromatic N) is 1. The standard InChI is InChI=1S/C11H16N2O/c1-2-11(8-13-5-1)14-9-10-3-6-12-7-4-10/h3-4,6-7,11,13H,1-2,5,8-9H2/t11-/m1/s1. The molecule has 2 heterocycles. The summed E-state index contributed by atoms with van der Waals surface area (Å²) in [6, 6.07) is 3.99. The quantitative estimate of drug-likeness (QED) is 0.785. The number of aromatic nitrogens is 1. The van der Waals surface area contributed by atoms with Crippen molar-refractivity contribution in [2.45, 2.75) is 25.6 Å². The Morgan fingerprint density at radius 2 is 2.29 bits per heavy atom. The van der Waals surface area contributed by atoms with Crippen LogP contribution in [-0.4, -0.2) is 24.2 Å². The topological polar surface area (TPSA) is 34.1 Å². The van der Waals surface area contributed by atoms with Crippen molar-refractivity contribution in [2.75, 3.05) is 13.1 Å². The Kier molecular flexibility index (Phi) is 3.49. The van der Waals surface area contributed by atoms with Gasteiger partial charge in [0.05, 0.1) is 12.7 Å². The van der Waals surface area contributed by atoms with E-state index < -0.39 is 0 Å². The summed E-state index contributed by atoms with van der Waals surface area (Å²) in [6.45, 7) is 2.83. The molecule has 14 heavy (non-hydrogen) atoms. The van der Waals surface area contributed by atoms with E-state index in [1.807, 2.05) is 12.1 Å². The molecule has 0 bridgehead atoms. The first-order chi connectivity index (χ1) is 6.95. The number of ether oxygens (including phenoxy) is 1. The molecule has 1 aliphatic heterocycles. The van der Waals surface area contributed by atoms with E-state index in [-0.39, 0.29) is 0 Å². The summed E-state index contributed by atoms with van der Waals surface area (Å²) in [4.78, 5) is 3.97. The molecule has 0 aliphatic carbocycles. The fourth-order valence-electron chi connectivity index (χ4n) is 1.66. The zero-order valence-corrected chi connectivity index (χ0v) is 8.28. The Balaban J connectivity index is 1.76. The molecule has 0 saturated carbocycles. The van der Waals surface area contributed by atoms with Crippen molar-refractivity contribution in [3.63, 3.8) is 0 Å². The zero-order chi connectivity index (χ0) is 9.64. The molecule has 1 aromatic rings. The van der Waals surface area contributed by atoms with Crippen LogP contribution in [0.15, 0.2) is 24.5 Å². The Morgan fingerprint density at radius 1 is 1.43 bits per heavy atom. The average Bonchev–Trinajstić information content (AvgIpc) is 2.29. The first-order valence-corrected chi connectivity index (χ1v) is 5.16. The highest BCUT2D eigenvalue weighted by Gasteiger charge is 2.12. The van der Waals surface area contributed by atoms with E-state index in [1.165, 1.54) is 18.4 Å². The van der Waals surface area contributed by atoms with Gasteiger partial charge < -0.3 is 10.1 Å². The van der Waals surface area contributed by atoms with Gasteiger partial charge in [0.25, 0.3) is 0 Å². The minimum atomic E-state index is 0.386. The number of rotatable bonds is 3. The number of hydrogen-bond donors (Lipinski definition) is 1.